The third-order valence-electron chi connectivity index (χ3n) is 3.08. The Kier molecular flexibility index (Phi) is 3.82. The molecule has 2 heterocycles. The van der Waals surface area contributed by atoms with Gasteiger partial charge in [-0.05, 0) is 30.3 Å². The molecule has 3 aromatic rings. The van der Waals surface area contributed by atoms with Crippen LogP contribution in [-0.2, 0) is 4.79 Å². The van der Waals surface area contributed by atoms with Gasteiger partial charge in [0.2, 0.25) is 6.41 Å². The van der Waals surface area contributed by atoms with E-state index in [1.54, 1.807) is 37.7 Å². The first-order chi connectivity index (χ1) is 10.8. The molecule has 22 heavy (non-hydrogen) atoms. The molecular formula is C16H13N3O3. The number of carbonyl (C=O) groups excluding carboxylic acids is 1. The van der Waals surface area contributed by atoms with E-state index >= 15 is 0 Å². The van der Waals surface area contributed by atoms with Gasteiger partial charge in [-0.3, -0.25) is 9.78 Å². The molecule has 0 saturated carbocycles. The maximum absolute atomic E-state index is 10.3. The van der Waals surface area contributed by atoms with E-state index in [4.69, 9.17) is 9.47 Å². The van der Waals surface area contributed by atoms with E-state index < -0.39 is 0 Å². The normalized spacial score (nSPS) is 10.2. The monoisotopic (exact) mass is 295 g/mol. The second-order valence-corrected chi connectivity index (χ2v) is 4.44. The van der Waals surface area contributed by atoms with Crippen LogP contribution in [0.2, 0.25) is 0 Å². The molecule has 0 bridgehead atoms. The molecule has 6 heteroatoms. The molecule has 0 spiro atoms. The zero-order valence-electron chi connectivity index (χ0n) is 11.8. The molecule has 0 unspecified atom stereocenters. The molecule has 0 aliphatic heterocycles. The maximum atomic E-state index is 10.3. The molecule has 1 N–H and O–H groups in total. The molecule has 6 nitrogen and oxygen atoms in total. The fourth-order valence-electron chi connectivity index (χ4n) is 2.03. The van der Waals surface area contributed by atoms with Gasteiger partial charge in [-0.1, -0.05) is 0 Å². The van der Waals surface area contributed by atoms with Gasteiger partial charge in [0.05, 0.1) is 18.8 Å². The van der Waals surface area contributed by atoms with Crippen LogP contribution in [0.15, 0.2) is 48.8 Å². The van der Waals surface area contributed by atoms with Crippen molar-refractivity contribution in [1.82, 2.24) is 9.97 Å². The van der Waals surface area contributed by atoms with Crippen molar-refractivity contribution in [2.75, 3.05) is 12.4 Å². The Balaban J connectivity index is 1.91. The minimum Gasteiger partial charge on any atom is -0.497 e. The third kappa shape index (κ3) is 2.80. The smallest absolute Gasteiger partial charge is 0.212 e. The number of rotatable bonds is 5. The van der Waals surface area contributed by atoms with Crippen molar-refractivity contribution in [3.8, 4) is 17.2 Å². The summed E-state index contributed by atoms with van der Waals surface area (Å²) in [6, 6.07) is 10.8. The van der Waals surface area contributed by atoms with Gasteiger partial charge in [-0.25, -0.2) is 4.98 Å². The predicted molar refractivity (Wildman–Crippen MR) is 82.3 cm³/mol. The number of nitrogens with zero attached hydrogens (tertiary/aromatic N) is 2. The number of benzene rings is 1. The molecule has 0 aliphatic carbocycles. The average Bonchev–Trinajstić information content (AvgIpc) is 2.56. The lowest BCUT2D eigenvalue weighted by atomic mass is 10.2. The molecule has 110 valence electrons. The fourth-order valence-corrected chi connectivity index (χ4v) is 2.03. The number of carbonyl (C=O) groups is 1. The van der Waals surface area contributed by atoms with E-state index in [-0.39, 0.29) is 0 Å². The quantitative estimate of drug-likeness (QED) is 0.732. The SMILES string of the molecule is COc1ccc2c(Oc3ccc(NC=O)nc3)ccnc2c1. The number of hydrogen-bond donors (Lipinski definition) is 1. The van der Waals surface area contributed by atoms with Gasteiger partial charge in [0.15, 0.2) is 0 Å². The Bertz CT molecular complexity index is 803. The molecule has 0 radical (unpaired) electrons. The first-order valence-electron chi connectivity index (χ1n) is 6.57. The van der Waals surface area contributed by atoms with Crippen LogP contribution in [0.5, 0.6) is 17.2 Å². The molecule has 2 aromatic heterocycles. The molecular weight excluding hydrogens is 282 g/mol. The highest BCUT2D eigenvalue weighted by atomic mass is 16.5. The lowest BCUT2D eigenvalue weighted by Crippen LogP contribution is -1.96. The van der Waals surface area contributed by atoms with Crippen molar-refractivity contribution in [3.05, 3.63) is 48.8 Å². The van der Waals surface area contributed by atoms with Gasteiger partial charge in [0, 0.05) is 17.6 Å². The Morgan fingerprint density at radius 2 is 1.95 bits per heavy atom. The van der Waals surface area contributed by atoms with E-state index in [0.29, 0.717) is 23.7 Å². The van der Waals surface area contributed by atoms with Crippen molar-refractivity contribution in [2.24, 2.45) is 0 Å². The number of anilines is 1. The van der Waals surface area contributed by atoms with Crippen LogP contribution in [0, 0.1) is 0 Å². The molecule has 0 aliphatic rings. The largest absolute Gasteiger partial charge is 0.497 e. The topological polar surface area (TPSA) is 73.3 Å². The van der Waals surface area contributed by atoms with E-state index in [2.05, 4.69) is 15.3 Å². The van der Waals surface area contributed by atoms with Crippen molar-refractivity contribution < 1.29 is 14.3 Å². The molecule has 0 fully saturated rings. The lowest BCUT2D eigenvalue weighted by molar-refractivity contribution is -0.105. The maximum Gasteiger partial charge on any atom is 0.212 e. The lowest BCUT2D eigenvalue weighted by Gasteiger charge is -2.09. The Morgan fingerprint density at radius 1 is 1.09 bits per heavy atom. The zero-order chi connectivity index (χ0) is 15.4. The number of methoxy groups -OCH3 is 1. The standard InChI is InChI=1S/C16H13N3O3/c1-21-11-2-4-13-14(8-11)17-7-6-15(13)22-12-3-5-16(18-9-12)19-10-20/h2-10H,1H3,(H,18,19,20). The summed E-state index contributed by atoms with van der Waals surface area (Å²) < 4.78 is 11.0. The number of amides is 1. The number of fused-ring (bicyclic) bond motifs is 1. The summed E-state index contributed by atoms with van der Waals surface area (Å²) in [4.78, 5) is 18.7. The van der Waals surface area contributed by atoms with Crippen molar-refractivity contribution in [1.29, 1.82) is 0 Å². The first kappa shape index (κ1) is 13.8. The summed E-state index contributed by atoms with van der Waals surface area (Å²) in [6.07, 6.45) is 3.79. The van der Waals surface area contributed by atoms with Crippen molar-refractivity contribution in [3.63, 3.8) is 0 Å². The Hall–Kier alpha value is -3.15. The number of ether oxygens (including phenoxy) is 2. The van der Waals surface area contributed by atoms with Crippen LogP contribution in [0.4, 0.5) is 5.82 Å². The second-order valence-electron chi connectivity index (χ2n) is 4.44. The summed E-state index contributed by atoms with van der Waals surface area (Å²) in [6.45, 7) is 0. The first-order valence-corrected chi connectivity index (χ1v) is 6.57. The number of pyridine rings is 2. The van der Waals surface area contributed by atoms with Crippen LogP contribution in [0.25, 0.3) is 10.9 Å². The van der Waals surface area contributed by atoms with E-state index in [9.17, 15) is 4.79 Å². The third-order valence-corrected chi connectivity index (χ3v) is 3.08. The summed E-state index contributed by atoms with van der Waals surface area (Å²) in [7, 11) is 1.61. The van der Waals surface area contributed by atoms with Gasteiger partial charge >= 0.3 is 0 Å². The van der Waals surface area contributed by atoms with Gasteiger partial charge in [-0.2, -0.15) is 0 Å². The highest BCUT2D eigenvalue weighted by molar-refractivity contribution is 5.86. The van der Waals surface area contributed by atoms with Gasteiger partial charge in [-0.15, -0.1) is 0 Å². The summed E-state index contributed by atoms with van der Waals surface area (Å²) in [5.74, 6) is 2.44. The predicted octanol–water partition coefficient (Wildman–Crippen LogP) is 3.00. The minimum absolute atomic E-state index is 0.465. The summed E-state index contributed by atoms with van der Waals surface area (Å²) >= 11 is 0. The Labute approximate surface area is 126 Å². The summed E-state index contributed by atoms with van der Waals surface area (Å²) in [5, 5.41) is 3.34. The minimum atomic E-state index is 0.465. The Morgan fingerprint density at radius 3 is 2.68 bits per heavy atom. The van der Waals surface area contributed by atoms with Crippen LogP contribution in [-0.4, -0.2) is 23.5 Å². The van der Waals surface area contributed by atoms with Crippen molar-refractivity contribution in [2.45, 2.75) is 0 Å². The molecule has 1 amide bonds. The number of hydrogen-bond acceptors (Lipinski definition) is 5. The highest BCUT2D eigenvalue weighted by Crippen LogP contribution is 2.30. The van der Waals surface area contributed by atoms with Crippen molar-refractivity contribution >= 4 is 23.1 Å². The van der Waals surface area contributed by atoms with Gasteiger partial charge < -0.3 is 14.8 Å². The van der Waals surface area contributed by atoms with E-state index in [1.165, 1.54) is 0 Å². The fraction of sp³-hybridized carbons (Fsp3) is 0.0625. The highest BCUT2D eigenvalue weighted by Gasteiger charge is 2.06. The van der Waals surface area contributed by atoms with Crippen LogP contribution >= 0.6 is 0 Å². The van der Waals surface area contributed by atoms with Gasteiger partial charge in [0.1, 0.15) is 23.1 Å². The number of aromatic nitrogens is 2. The van der Waals surface area contributed by atoms with E-state index in [1.807, 2.05) is 18.2 Å². The average molecular weight is 295 g/mol. The second kappa shape index (κ2) is 6.09. The molecule has 0 saturated heterocycles. The van der Waals surface area contributed by atoms with Crippen LogP contribution in [0.3, 0.4) is 0 Å². The number of nitrogens with one attached hydrogen (secondary N) is 1. The molecule has 1 aromatic carbocycles. The van der Waals surface area contributed by atoms with Crippen LogP contribution < -0.4 is 14.8 Å². The zero-order valence-corrected chi connectivity index (χ0v) is 11.8. The van der Waals surface area contributed by atoms with Gasteiger partial charge in [0.25, 0.3) is 0 Å². The van der Waals surface area contributed by atoms with Crippen LogP contribution in [0.1, 0.15) is 0 Å². The van der Waals surface area contributed by atoms with E-state index in [0.717, 1.165) is 16.7 Å². The molecule has 3 rings (SSSR count). The summed E-state index contributed by atoms with van der Waals surface area (Å²) in [5.41, 5.74) is 0.782. The molecule has 0 atom stereocenters.